The summed E-state index contributed by atoms with van der Waals surface area (Å²) in [5.74, 6) is -3.36. The highest BCUT2D eigenvalue weighted by Crippen LogP contribution is 2.11. The highest BCUT2D eigenvalue weighted by atomic mass is 32.2. The fraction of sp³-hybridized carbons (Fsp3) is 0.357. The predicted molar refractivity (Wildman–Crippen MR) is 162 cm³/mol. The molecule has 0 bridgehead atoms. The van der Waals surface area contributed by atoms with Crippen molar-refractivity contribution in [2.45, 2.75) is 37.0 Å². The van der Waals surface area contributed by atoms with Crippen LogP contribution in [0.3, 0.4) is 0 Å². The second-order valence-electron chi connectivity index (χ2n) is 9.76. The number of amides is 5. The number of hydrogen-bond donors (Lipinski definition) is 8. The molecule has 0 saturated carbocycles. The molecule has 5 amide bonds. The standard InChI is InChI=1S/C28H36N8O6S/c1-43-28-32-13-21(24(30)39)35-27(42)20(12-16-5-3-2-4-6-16)34-23(38)15-31-26(41)22(14-33-28)36-25(40)19(29)11-17-7-9-18(37)10-8-17/h2-10,19-22,37H,11-15,29H2,1H3,(H2,30,39)(H,31,41)(H,32,33)(H,34,38)(H,35,42)(H,36,40)/t19-,20-,21-,22+/m0/s1. The second-order valence-corrected chi connectivity index (χ2v) is 10.6. The number of nitrogens with zero attached hydrogens (tertiary/aromatic N) is 1. The lowest BCUT2D eigenvalue weighted by Gasteiger charge is -2.22. The van der Waals surface area contributed by atoms with E-state index >= 15 is 0 Å². The summed E-state index contributed by atoms with van der Waals surface area (Å²) in [6, 6.07) is 10.7. The number of benzene rings is 2. The van der Waals surface area contributed by atoms with Crippen LogP contribution in [0.15, 0.2) is 59.6 Å². The molecule has 1 aliphatic rings. The zero-order valence-corrected chi connectivity index (χ0v) is 24.4. The molecule has 0 aliphatic carbocycles. The molecule has 1 aliphatic heterocycles. The van der Waals surface area contributed by atoms with Crippen molar-refractivity contribution in [2.24, 2.45) is 16.5 Å². The van der Waals surface area contributed by atoms with Crippen LogP contribution < -0.4 is 38.1 Å². The van der Waals surface area contributed by atoms with Gasteiger partial charge in [-0.3, -0.25) is 29.0 Å². The van der Waals surface area contributed by atoms with E-state index in [4.69, 9.17) is 11.5 Å². The monoisotopic (exact) mass is 612 g/mol. The van der Waals surface area contributed by atoms with Gasteiger partial charge in [-0.25, -0.2) is 0 Å². The number of amidine groups is 1. The quantitative estimate of drug-likeness (QED) is 0.171. The normalized spacial score (nSPS) is 20.9. The Hall–Kier alpha value is -4.63. The lowest BCUT2D eigenvalue weighted by atomic mass is 10.0. The van der Waals surface area contributed by atoms with Gasteiger partial charge in [-0.15, -0.1) is 0 Å². The molecule has 10 N–H and O–H groups in total. The van der Waals surface area contributed by atoms with Crippen LogP contribution in [0.1, 0.15) is 11.1 Å². The Morgan fingerprint density at radius 3 is 2.37 bits per heavy atom. The summed E-state index contributed by atoms with van der Waals surface area (Å²) in [5.41, 5.74) is 13.1. The minimum atomic E-state index is -1.18. The van der Waals surface area contributed by atoms with Crippen LogP contribution in [0.4, 0.5) is 0 Å². The molecule has 0 fully saturated rings. The Bertz CT molecular complexity index is 1320. The van der Waals surface area contributed by atoms with E-state index in [9.17, 15) is 29.1 Å². The Morgan fingerprint density at radius 1 is 1.02 bits per heavy atom. The maximum atomic E-state index is 13.2. The molecule has 2 aromatic rings. The molecule has 230 valence electrons. The van der Waals surface area contributed by atoms with Gasteiger partial charge >= 0.3 is 0 Å². The highest BCUT2D eigenvalue weighted by Gasteiger charge is 2.28. The van der Waals surface area contributed by atoms with Gasteiger partial charge in [0.1, 0.15) is 23.9 Å². The average molecular weight is 613 g/mol. The lowest BCUT2D eigenvalue weighted by molar-refractivity contribution is -0.132. The number of carbonyl (C=O) groups is 5. The predicted octanol–water partition coefficient (Wildman–Crippen LogP) is -2.12. The zero-order chi connectivity index (χ0) is 31.4. The average Bonchev–Trinajstić information content (AvgIpc) is 2.99. The number of phenols is 1. The Morgan fingerprint density at radius 2 is 1.72 bits per heavy atom. The molecule has 3 rings (SSSR count). The molecule has 0 unspecified atom stereocenters. The first-order chi connectivity index (χ1) is 20.5. The van der Waals surface area contributed by atoms with Crippen LogP contribution >= 0.6 is 11.8 Å². The van der Waals surface area contributed by atoms with Crippen molar-refractivity contribution in [2.75, 3.05) is 25.9 Å². The van der Waals surface area contributed by atoms with Crippen molar-refractivity contribution in [3.8, 4) is 5.75 Å². The van der Waals surface area contributed by atoms with E-state index < -0.39 is 60.2 Å². The Balaban J connectivity index is 1.80. The molecule has 15 heteroatoms. The molecule has 0 spiro atoms. The molecule has 0 aromatic heterocycles. The maximum Gasteiger partial charge on any atom is 0.244 e. The van der Waals surface area contributed by atoms with Gasteiger partial charge in [0.05, 0.1) is 19.1 Å². The van der Waals surface area contributed by atoms with E-state index in [0.29, 0.717) is 10.7 Å². The molecular formula is C28H36N8O6S. The van der Waals surface area contributed by atoms with Crippen LogP contribution in [-0.2, 0) is 36.8 Å². The van der Waals surface area contributed by atoms with Crippen molar-refractivity contribution < 1.29 is 29.1 Å². The van der Waals surface area contributed by atoms with E-state index in [-0.39, 0.29) is 31.7 Å². The highest BCUT2D eigenvalue weighted by molar-refractivity contribution is 8.13. The number of rotatable bonds is 7. The number of aromatic hydroxyl groups is 1. The molecule has 2 aromatic carbocycles. The first-order valence-electron chi connectivity index (χ1n) is 13.4. The molecule has 14 nitrogen and oxygen atoms in total. The molecule has 1 heterocycles. The summed E-state index contributed by atoms with van der Waals surface area (Å²) in [4.78, 5) is 68.5. The first-order valence-corrected chi connectivity index (χ1v) is 14.6. The van der Waals surface area contributed by atoms with Crippen LogP contribution in [0, 0.1) is 0 Å². The minimum Gasteiger partial charge on any atom is -0.508 e. The van der Waals surface area contributed by atoms with Gasteiger partial charge in [0, 0.05) is 13.0 Å². The van der Waals surface area contributed by atoms with E-state index in [1.54, 1.807) is 42.7 Å². The van der Waals surface area contributed by atoms with Gasteiger partial charge < -0.3 is 43.2 Å². The summed E-state index contributed by atoms with van der Waals surface area (Å²) >= 11 is 1.18. The number of phenolic OH excluding ortho intramolecular Hbond substituents is 1. The van der Waals surface area contributed by atoms with Crippen LogP contribution in [0.25, 0.3) is 0 Å². The number of aliphatic imine (C=N–C) groups is 1. The van der Waals surface area contributed by atoms with Crippen molar-refractivity contribution in [1.29, 1.82) is 0 Å². The van der Waals surface area contributed by atoms with Gasteiger partial charge in [0.15, 0.2) is 5.17 Å². The van der Waals surface area contributed by atoms with Gasteiger partial charge in [0.2, 0.25) is 29.5 Å². The maximum absolute atomic E-state index is 13.2. The van der Waals surface area contributed by atoms with Gasteiger partial charge in [-0.1, -0.05) is 54.2 Å². The van der Waals surface area contributed by atoms with Crippen LogP contribution in [-0.4, -0.2) is 89.9 Å². The lowest BCUT2D eigenvalue weighted by Crippen LogP contribution is -2.57. The van der Waals surface area contributed by atoms with Crippen molar-refractivity contribution in [1.82, 2.24) is 26.6 Å². The van der Waals surface area contributed by atoms with E-state index in [1.165, 1.54) is 23.9 Å². The minimum absolute atomic E-state index is 0.0731. The number of hydrogen-bond acceptors (Lipinski definition) is 10. The second kappa shape index (κ2) is 16.1. The zero-order valence-electron chi connectivity index (χ0n) is 23.5. The Kier molecular flexibility index (Phi) is 12.3. The van der Waals surface area contributed by atoms with Crippen molar-refractivity contribution in [3.05, 3.63) is 65.7 Å². The molecule has 0 saturated heterocycles. The van der Waals surface area contributed by atoms with E-state index in [2.05, 4.69) is 31.6 Å². The number of nitrogens with two attached hydrogens (primary N) is 2. The van der Waals surface area contributed by atoms with Gasteiger partial charge in [-0.05, 0) is 35.9 Å². The number of nitrogens with one attached hydrogen (secondary N) is 5. The summed E-state index contributed by atoms with van der Waals surface area (Å²) in [6.07, 6.45) is 1.96. The fourth-order valence-corrected chi connectivity index (χ4v) is 4.53. The van der Waals surface area contributed by atoms with Crippen LogP contribution in [0.5, 0.6) is 5.75 Å². The largest absolute Gasteiger partial charge is 0.508 e. The summed E-state index contributed by atoms with van der Waals surface area (Å²) in [5, 5.41) is 23.0. The van der Waals surface area contributed by atoms with Gasteiger partial charge in [0.25, 0.3) is 0 Å². The topological polar surface area (TPSA) is 230 Å². The van der Waals surface area contributed by atoms with Crippen molar-refractivity contribution in [3.63, 3.8) is 0 Å². The summed E-state index contributed by atoms with van der Waals surface area (Å²) < 4.78 is 0. The third-order valence-electron chi connectivity index (χ3n) is 6.45. The SMILES string of the molecule is CSC1=NC[C@@H](C(N)=O)NC(=O)[C@H](Cc2ccccc2)NC(=O)CNC(=O)[C@H](NC(=O)[C@@H](N)Cc2ccc(O)cc2)CN1. The third kappa shape index (κ3) is 10.6. The number of carbonyl (C=O) groups excluding carboxylic acids is 5. The van der Waals surface area contributed by atoms with Crippen LogP contribution in [0.2, 0.25) is 0 Å². The number of primary amides is 1. The molecule has 0 radical (unpaired) electrons. The van der Waals surface area contributed by atoms with Gasteiger partial charge in [-0.2, -0.15) is 0 Å². The van der Waals surface area contributed by atoms with E-state index in [0.717, 1.165) is 5.56 Å². The number of thioether (sulfide) groups is 1. The Labute approximate surface area is 252 Å². The van der Waals surface area contributed by atoms with E-state index in [1.807, 2.05) is 6.07 Å². The molecule has 4 atom stereocenters. The molecule has 43 heavy (non-hydrogen) atoms. The third-order valence-corrected chi connectivity index (χ3v) is 7.11. The molecular weight excluding hydrogens is 576 g/mol. The fourth-order valence-electron chi connectivity index (χ4n) is 4.10. The van der Waals surface area contributed by atoms with Crippen molar-refractivity contribution >= 4 is 46.5 Å². The first kappa shape index (κ1) is 32.9. The summed E-state index contributed by atoms with van der Waals surface area (Å²) in [7, 11) is 0. The smallest absolute Gasteiger partial charge is 0.244 e. The summed E-state index contributed by atoms with van der Waals surface area (Å²) in [6.45, 7) is -0.835.